The maximum Gasteiger partial charge on any atom is 0.0700 e. The van der Waals surface area contributed by atoms with E-state index < -0.39 is 0 Å². The molecule has 2 aliphatic rings. The van der Waals surface area contributed by atoms with E-state index in [0.29, 0.717) is 12.0 Å². The fourth-order valence-electron chi connectivity index (χ4n) is 3.67. The van der Waals surface area contributed by atoms with Crippen LogP contribution in [-0.4, -0.2) is 40.5 Å². The highest BCUT2D eigenvalue weighted by Crippen LogP contribution is 2.33. The van der Waals surface area contributed by atoms with E-state index in [0.717, 1.165) is 26.2 Å². The molecule has 4 heteroatoms. The van der Waals surface area contributed by atoms with Crippen LogP contribution in [0.2, 0.25) is 0 Å². The van der Waals surface area contributed by atoms with Gasteiger partial charge in [0.2, 0.25) is 0 Å². The number of nitrogens with zero attached hydrogens (tertiary/aromatic N) is 3. The van der Waals surface area contributed by atoms with E-state index >= 15 is 0 Å². The third-order valence-electron chi connectivity index (χ3n) is 4.65. The van der Waals surface area contributed by atoms with E-state index in [9.17, 15) is 0 Å². The number of aromatic nitrogens is 2. The summed E-state index contributed by atoms with van der Waals surface area (Å²) in [4.78, 5) is 2.51. The van der Waals surface area contributed by atoms with Gasteiger partial charge in [-0.2, -0.15) is 5.10 Å². The SMILES string of the molecule is CC1CN(Cc2cn(C)nc2C2CCCCC2)CCO1. The lowest BCUT2D eigenvalue weighted by atomic mass is 9.85. The van der Waals surface area contributed by atoms with Gasteiger partial charge in [0.05, 0.1) is 18.4 Å². The molecule has 1 aromatic rings. The van der Waals surface area contributed by atoms with Gasteiger partial charge < -0.3 is 4.74 Å². The lowest BCUT2D eigenvalue weighted by molar-refractivity contribution is -0.0213. The molecule has 0 amide bonds. The first-order chi connectivity index (χ1) is 9.72. The van der Waals surface area contributed by atoms with Gasteiger partial charge in [-0.3, -0.25) is 9.58 Å². The van der Waals surface area contributed by atoms with Crippen molar-refractivity contribution < 1.29 is 4.74 Å². The van der Waals surface area contributed by atoms with Crippen LogP contribution in [0.5, 0.6) is 0 Å². The molecule has 1 aromatic heterocycles. The summed E-state index contributed by atoms with van der Waals surface area (Å²) in [6, 6.07) is 0. The molecular weight excluding hydrogens is 250 g/mol. The molecule has 4 nitrogen and oxygen atoms in total. The van der Waals surface area contributed by atoms with Gasteiger partial charge in [0, 0.05) is 44.4 Å². The Labute approximate surface area is 122 Å². The van der Waals surface area contributed by atoms with Gasteiger partial charge in [0.15, 0.2) is 0 Å². The number of rotatable bonds is 3. The number of hydrogen-bond acceptors (Lipinski definition) is 3. The molecule has 0 aromatic carbocycles. The minimum absolute atomic E-state index is 0.360. The quantitative estimate of drug-likeness (QED) is 0.851. The standard InChI is InChI=1S/C16H27N3O/c1-13-10-19(8-9-20-13)12-15-11-18(2)17-16(15)14-6-4-3-5-7-14/h11,13-14H,3-10,12H2,1-2H3. The van der Waals surface area contributed by atoms with Gasteiger partial charge in [-0.25, -0.2) is 0 Å². The Bertz CT molecular complexity index is 437. The largest absolute Gasteiger partial charge is 0.376 e. The molecule has 0 N–H and O–H groups in total. The van der Waals surface area contributed by atoms with Crippen LogP contribution in [0.4, 0.5) is 0 Å². The lowest BCUT2D eigenvalue weighted by Gasteiger charge is -2.31. The van der Waals surface area contributed by atoms with Gasteiger partial charge in [-0.15, -0.1) is 0 Å². The first-order valence-corrected chi connectivity index (χ1v) is 8.09. The monoisotopic (exact) mass is 277 g/mol. The summed E-state index contributed by atoms with van der Waals surface area (Å²) in [5, 5.41) is 4.78. The Morgan fingerprint density at radius 2 is 2.10 bits per heavy atom. The number of aryl methyl sites for hydroxylation is 1. The zero-order valence-corrected chi connectivity index (χ0v) is 12.8. The fourth-order valence-corrected chi connectivity index (χ4v) is 3.67. The molecule has 2 heterocycles. The molecule has 1 aliphatic carbocycles. The molecule has 0 bridgehead atoms. The molecule has 1 aliphatic heterocycles. The van der Waals surface area contributed by atoms with Gasteiger partial charge in [0.1, 0.15) is 0 Å². The molecule has 20 heavy (non-hydrogen) atoms. The van der Waals surface area contributed by atoms with Crippen LogP contribution in [0.1, 0.15) is 56.2 Å². The van der Waals surface area contributed by atoms with Gasteiger partial charge >= 0.3 is 0 Å². The van der Waals surface area contributed by atoms with Crippen LogP contribution < -0.4 is 0 Å². The first-order valence-electron chi connectivity index (χ1n) is 8.09. The highest BCUT2D eigenvalue weighted by Gasteiger charge is 2.24. The summed E-state index contributed by atoms with van der Waals surface area (Å²) in [7, 11) is 2.05. The molecule has 2 fully saturated rings. The van der Waals surface area contributed by atoms with E-state index in [1.165, 1.54) is 43.4 Å². The summed E-state index contributed by atoms with van der Waals surface area (Å²) < 4.78 is 7.64. The van der Waals surface area contributed by atoms with E-state index in [1.54, 1.807) is 0 Å². The maximum absolute atomic E-state index is 5.64. The lowest BCUT2D eigenvalue weighted by Crippen LogP contribution is -2.40. The normalized spacial score (nSPS) is 26.0. The Morgan fingerprint density at radius 3 is 2.85 bits per heavy atom. The second-order valence-electron chi connectivity index (χ2n) is 6.46. The minimum Gasteiger partial charge on any atom is -0.376 e. The third kappa shape index (κ3) is 3.23. The molecular formula is C16H27N3O. The molecule has 1 unspecified atom stereocenters. The van der Waals surface area contributed by atoms with Crippen LogP contribution in [0.3, 0.4) is 0 Å². The van der Waals surface area contributed by atoms with Crippen molar-refractivity contribution in [3.63, 3.8) is 0 Å². The van der Waals surface area contributed by atoms with E-state index in [1.807, 2.05) is 4.68 Å². The predicted octanol–water partition coefficient (Wildman–Crippen LogP) is 2.69. The van der Waals surface area contributed by atoms with E-state index in [4.69, 9.17) is 9.84 Å². The van der Waals surface area contributed by atoms with Crippen molar-refractivity contribution in [1.29, 1.82) is 0 Å². The molecule has 1 saturated carbocycles. The van der Waals surface area contributed by atoms with Crippen molar-refractivity contribution in [2.75, 3.05) is 19.7 Å². The highest BCUT2D eigenvalue weighted by molar-refractivity contribution is 5.21. The average molecular weight is 277 g/mol. The summed E-state index contributed by atoms with van der Waals surface area (Å²) in [5.41, 5.74) is 2.81. The summed E-state index contributed by atoms with van der Waals surface area (Å²) in [6.07, 6.45) is 9.37. The van der Waals surface area contributed by atoms with Gasteiger partial charge in [0.25, 0.3) is 0 Å². The summed E-state index contributed by atoms with van der Waals surface area (Å²) in [5.74, 6) is 0.693. The molecule has 1 saturated heterocycles. The second-order valence-corrected chi connectivity index (χ2v) is 6.46. The fraction of sp³-hybridized carbons (Fsp3) is 0.812. The number of ether oxygens (including phenoxy) is 1. The Morgan fingerprint density at radius 1 is 1.30 bits per heavy atom. The van der Waals surface area contributed by atoms with Crippen LogP contribution in [0, 0.1) is 0 Å². The van der Waals surface area contributed by atoms with Crippen molar-refractivity contribution in [3.8, 4) is 0 Å². The van der Waals surface area contributed by atoms with Crippen LogP contribution in [-0.2, 0) is 18.3 Å². The Hall–Kier alpha value is -0.870. The van der Waals surface area contributed by atoms with Gasteiger partial charge in [-0.05, 0) is 19.8 Å². The zero-order valence-electron chi connectivity index (χ0n) is 12.8. The van der Waals surface area contributed by atoms with E-state index in [2.05, 4.69) is 25.1 Å². The number of hydrogen-bond donors (Lipinski definition) is 0. The molecule has 0 spiro atoms. The maximum atomic E-state index is 5.64. The molecule has 1 atom stereocenters. The Kier molecular flexibility index (Phi) is 4.41. The highest BCUT2D eigenvalue weighted by atomic mass is 16.5. The minimum atomic E-state index is 0.360. The van der Waals surface area contributed by atoms with Crippen LogP contribution in [0.25, 0.3) is 0 Å². The van der Waals surface area contributed by atoms with Crippen molar-refractivity contribution in [2.24, 2.45) is 7.05 Å². The molecule has 112 valence electrons. The average Bonchev–Trinajstić information content (AvgIpc) is 2.80. The summed E-state index contributed by atoms with van der Waals surface area (Å²) >= 11 is 0. The summed E-state index contributed by atoms with van der Waals surface area (Å²) in [6.45, 7) is 6.15. The van der Waals surface area contributed by atoms with Crippen molar-refractivity contribution in [2.45, 2.75) is 57.6 Å². The Balaban J connectivity index is 1.71. The smallest absolute Gasteiger partial charge is 0.0700 e. The molecule has 0 radical (unpaired) electrons. The van der Waals surface area contributed by atoms with Crippen LogP contribution >= 0.6 is 0 Å². The number of morpholine rings is 1. The van der Waals surface area contributed by atoms with Crippen LogP contribution in [0.15, 0.2) is 6.20 Å². The van der Waals surface area contributed by atoms with Crippen molar-refractivity contribution >= 4 is 0 Å². The van der Waals surface area contributed by atoms with Crippen molar-refractivity contribution in [1.82, 2.24) is 14.7 Å². The van der Waals surface area contributed by atoms with Crippen molar-refractivity contribution in [3.05, 3.63) is 17.5 Å². The predicted molar refractivity (Wildman–Crippen MR) is 79.7 cm³/mol. The first kappa shape index (κ1) is 14.1. The second kappa shape index (κ2) is 6.27. The van der Waals surface area contributed by atoms with Gasteiger partial charge in [-0.1, -0.05) is 19.3 Å². The molecule has 3 rings (SSSR count). The third-order valence-corrected chi connectivity index (χ3v) is 4.65. The zero-order chi connectivity index (χ0) is 13.9. The topological polar surface area (TPSA) is 30.3 Å². The van der Waals surface area contributed by atoms with E-state index in [-0.39, 0.29) is 0 Å².